The fraction of sp³-hybridized carbons (Fsp3) is 0.318. The summed E-state index contributed by atoms with van der Waals surface area (Å²) in [4.78, 5) is 12.1. The number of hydrogen-bond acceptors (Lipinski definition) is 5. The molecule has 0 spiro atoms. The average molecular weight is 506 g/mol. The van der Waals surface area contributed by atoms with Crippen molar-refractivity contribution in [2.45, 2.75) is 17.4 Å². The molecule has 0 N–H and O–H groups in total. The molecule has 0 aromatic heterocycles. The van der Waals surface area contributed by atoms with E-state index in [1.54, 1.807) is 24.3 Å². The first kappa shape index (κ1) is 23.9. The summed E-state index contributed by atoms with van der Waals surface area (Å²) in [6.07, 6.45) is 2.00. The van der Waals surface area contributed by atoms with Crippen molar-refractivity contribution in [2.75, 3.05) is 20.8 Å². The molecule has 3 rings (SSSR count). The number of alkyl halides is 2. The van der Waals surface area contributed by atoms with E-state index in [1.165, 1.54) is 20.5 Å². The van der Waals surface area contributed by atoms with E-state index >= 15 is 0 Å². The molecule has 1 aliphatic rings. The first-order valence-electron chi connectivity index (χ1n) is 9.28. The second-order valence-electron chi connectivity index (χ2n) is 6.89. The van der Waals surface area contributed by atoms with Crippen LogP contribution in [0.2, 0.25) is 10.0 Å². The van der Waals surface area contributed by atoms with Crippen molar-refractivity contribution in [1.82, 2.24) is 0 Å². The average Bonchev–Trinajstić information content (AvgIpc) is 3.36. The van der Waals surface area contributed by atoms with Gasteiger partial charge < -0.3 is 18.9 Å². The van der Waals surface area contributed by atoms with Gasteiger partial charge in [-0.2, -0.15) is 0 Å². The van der Waals surface area contributed by atoms with Gasteiger partial charge in [0, 0.05) is 18.1 Å². The minimum atomic E-state index is -0.740. The molecule has 9 heteroatoms. The van der Waals surface area contributed by atoms with Crippen molar-refractivity contribution >= 4 is 57.9 Å². The van der Waals surface area contributed by atoms with Crippen molar-refractivity contribution in [3.05, 3.63) is 63.8 Å². The highest BCUT2D eigenvalue weighted by molar-refractivity contribution is 6.50. The van der Waals surface area contributed by atoms with Crippen LogP contribution in [0.4, 0.5) is 0 Å². The summed E-state index contributed by atoms with van der Waals surface area (Å²) in [6, 6.07) is 10.5. The number of rotatable bonds is 9. The molecule has 1 atom stereocenters. The molecule has 2 aromatic carbocycles. The van der Waals surface area contributed by atoms with Crippen LogP contribution < -0.4 is 9.47 Å². The van der Waals surface area contributed by atoms with E-state index in [1.807, 2.05) is 12.1 Å². The normalized spacial score (nSPS) is 17.1. The minimum Gasteiger partial charge on any atom is -0.503 e. The smallest absolute Gasteiger partial charge is 0.341 e. The molecule has 1 saturated carbocycles. The lowest BCUT2D eigenvalue weighted by molar-refractivity contribution is -0.133. The van der Waals surface area contributed by atoms with Crippen molar-refractivity contribution in [2.24, 2.45) is 5.92 Å². The van der Waals surface area contributed by atoms with Crippen molar-refractivity contribution in [3.8, 4) is 11.5 Å². The maximum absolute atomic E-state index is 12.1. The molecule has 1 fully saturated rings. The predicted octanol–water partition coefficient (Wildman–Crippen LogP) is 6.31. The Labute approximate surface area is 200 Å². The van der Waals surface area contributed by atoms with Gasteiger partial charge in [-0.15, -0.1) is 23.2 Å². The summed E-state index contributed by atoms with van der Waals surface area (Å²) in [5, 5.41) is 0.612. The van der Waals surface area contributed by atoms with Gasteiger partial charge in [-0.25, -0.2) is 4.79 Å². The Bertz CT molecular complexity index is 967. The molecular weight excluding hydrogens is 486 g/mol. The fourth-order valence-corrected chi connectivity index (χ4v) is 3.99. The topological polar surface area (TPSA) is 54.0 Å². The summed E-state index contributed by atoms with van der Waals surface area (Å²) in [5.74, 6) is 0.320. The summed E-state index contributed by atoms with van der Waals surface area (Å²) >= 11 is 24.7. The monoisotopic (exact) mass is 504 g/mol. The zero-order valence-electron chi connectivity index (χ0n) is 16.8. The van der Waals surface area contributed by atoms with Crippen molar-refractivity contribution < 1.29 is 23.7 Å². The van der Waals surface area contributed by atoms with Crippen LogP contribution in [-0.4, -0.2) is 31.1 Å². The SMILES string of the molecule is COC=C(C(=O)OC)c1ccccc1COc1cc(Cl)c(OCC2CC2(Cl)Cl)c(Cl)c1. The number of carbonyl (C=O) groups is 1. The molecule has 0 heterocycles. The van der Waals surface area contributed by atoms with Gasteiger partial charge in [0.15, 0.2) is 5.75 Å². The van der Waals surface area contributed by atoms with Gasteiger partial charge in [0.2, 0.25) is 0 Å². The van der Waals surface area contributed by atoms with Gasteiger partial charge in [0.1, 0.15) is 22.3 Å². The molecule has 2 aromatic rings. The third kappa shape index (κ3) is 5.92. The highest BCUT2D eigenvalue weighted by atomic mass is 35.5. The maximum atomic E-state index is 12.1. The molecule has 0 amide bonds. The molecule has 166 valence electrons. The Balaban J connectivity index is 1.73. The summed E-state index contributed by atoms with van der Waals surface area (Å²) in [5.41, 5.74) is 1.65. The Morgan fingerprint density at radius 2 is 1.77 bits per heavy atom. The second kappa shape index (κ2) is 10.2. The standard InChI is InChI=1S/C22H20Cl4O5/c1-28-12-17(21(27)29-2)16-6-4-3-5-13(16)10-30-15-7-18(23)20(19(24)8-15)31-11-14-9-22(14,25)26/h3-8,12,14H,9-11H2,1-2H3. The third-order valence-corrected chi connectivity index (χ3v) is 6.19. The van der Waals surface area contributed by atoms with Gasteiger partial charge >= 0.3 is 5.97 Å². The largest absolute Gasteiger partial charge is 0.503 e. The molecule has 0 aliphatic heterocycles. The molecule has 1 unspecified atom stereocenters. The first-order valence-corrected chi connectivity index (χ1v) is 10.8. The van der Waals surface area contributed by atoms with Crippen molar-refractivity contribution in [1.29, 1.82) is 0 Å². The zero-order chi connectivity index (χ0) is 22.6. The Morgan fingerprint density at radius 1 is 1.13 bits per heavy atom. The molecular formula is C22H20Cl4O5. The van der Waals surface area contributed by atoms with Gasteiger partial charge in [0.05, 0.1) is 37.1 Å². The maximum Gasteiger partial charge on any atom is 0.341 e. The number of carbonyl (C=O) groups excluding carboxylic acids is 1. The molecule has 1 aliphatic carbocycles. The van der Waals surface area contributed by atoms with Crippen LogP contribution in [-0.2, 0) is 20.9 Å². The van der Waals surface area contributed by atoms with Gasteiger partial charge in [-0.3, -0.25) is 0 Å². The second-order valence-corrected chi connectivity index (χ2v) is 9.25. The van der Waals surface area contributed by atoms with Crippen LogP contribution in [0.1, 0.15) is 17.5 Å². The number of ether oxygens (including phenoxy) is 4. The summed E-state index contributed by atoms with van der Waals surface area (Å²) in [7, 11) is 2.77. The number of esters is 1. The van der Waals surface area contributed by atoms with E-state index in [0.29, 0.717) is 40.1 Å². The van der Waals surface area contributed by atoms with E-state index in [0.717, 1.165) is 5.56 Å². The van der Waals surface area contributed by atoms with Gasteiger partial charge in [0.25, 0.3) is 0 Å². The Morgan fingerprint density at radius 3 is 2.35 bits per heavy atom. The van der Waals surface area contributed by atoms with E-state index in [-0.39, 0.29) is 18.1 Å². The van der Waals surface area contributed by atoms with Crippen molar-refractivity contribution in [3.63, 3.8) is 0 Å². The summed E-state index contributed by atoms with van der Waals surface area (Å²) < 4.78 is 20.7. The molecule has 0 bridgehead atoms. The number of halogens is 4. The van der Waals surface area contributed by atoms with Crippen LogP contribution in [0.15, 0.2) is 42.7 Å². The van der Waals surface area contributed by atoms with E-state index in [9.17, 15) is 4.79 Å². The lowest BCUT2D eigenvalue weighted by Crippen LogP contribution is -2.08. The van der Waals surface area contributed by atoms with E-state index in [4.69, 9.17) is 65.4 Å². The first-order chi connectivity index (χ1) is 14.8. The Kier molecular flexibility index (Phi) is 7.87. The van der Waals surface area contributed by atoms with E-state index < -0.39 is 10.3 Å². The predicted molar refractivity (Wildman–Crippen MR) is 122 cm³/mol. The zero-order valence-corrected chi connectivity index (χ0v) is 19.8. The number of methoxy groups -OCH3 is 2. The lowest BCUT2D eigenvalue weighted by Gasteiger charge is -2.15. The number of hydrogen-bond donors (Lipinski definition) is 0. The van der Waals surface area contributed by atoms with Crippen LogP contribution >= 0.6 is 46.4 Å². The van der Waals surface area contributed by atoms with Gasteiger partial charge in [-0.05, 0) is 17.5 Å². The quantitative estimate of drug-likeness (QED) is 0.173. The molecule has 5 nitrogen and oxygen atoms in total. The fourth-order valence-electron chi connectivity index (χ4n) is 2.91. The highest BCUT2D eigenvalue weighted by Crippen LogP contribution is 2.53. The van der Waals surface area contributed by atoms with Crippen LogP contribution in [0.5, 0.6) is 11.5 Å². The van der Waals surface area contributed by atoms with E-state index in [2.05, 4.69) is 0 Å². The highest BCUT2D eigenvalue weighted by Gasteiger charge is 2.52. The third-order valence-electron chi connectivity index (χ3n) is 4.70. The van der Waals surface area contributed by atoms with Gasteiger partial charge in [-0.1, -0.05) is 47.5 Å². The Hall–Kier alpha value is -1.79. The van der Waals surface area contributed by atoms with Crippen LogP contribution in [0, 0.1) is 5.92 Å². The van der Waals surface area contributed by atoms with Crippen LogP contribution in [0.25, 0.3) is 5.57 Å². The summed E-state index contributed by atoms with van der Waals surface area (Å²) in [6.45, 7) is 0.479. The molecule has 0 radical (unpaired) electrons. The molecule has 31 heavy (non-hydrogen) atoms. The minimum absolute atomic E-state index is 0.0413. The lowest BCUT2D eigenvalue weighted by atomic mass is 10.0. The number of benzene rings is 2. The van der Waals surface area contributed by atoms with Crippen LogP contribution in [0.3, 0.4) is 0 Å². The molecule has 0 saturated heterocycles.